The van der Waals surface area contributed by atoms with E-state index < -0.39 is 5.91 Å². The molecule has 0 saturated heterocycles. The molecule has 0 aliphatic heterocycles. The van der Waals surface area contributed by atoms with Crippen LogP contribution in [0.25, 0.3) is 0 Å². The molecular formula is C21H25BrN2O5. The molecule has 0 aromatic heterocycles. The van der Waals surface area contributed by atoms with E-state index in [1.165, 1.54) is 20.4 Å². The molecular weight excluding hydrogens is 440 g/mol. The van der Waals surface area contributed by atoms with E-state index in [4.69, 9.17) is 14.2 Å². The number of amides is 1. The second-order valence-electron chi connectivity index (χ2n) is 7.25. The Balaban J connectivity index is 1.95. The Morgan fingerprint density at radius 3 is 2.28 bits per heavy atom. The fourth-order valence-electron chi connectivity index (χ4n) is 2.43. The van der Waals surface area contributed by atoms with Gasteiger partial charge in [0.25, 0.3) is 5.91 Å². The molecule has 2 N–H and O–H groups in total. The van der Waals surface area contributed by atoms with E-state index in [1.54, 1.807) is 12.1 Å². The Morgan fingerprint density at radius 2 is 1.76 bits per heavy atom. The number of hydrogen-bond acceptors (Lipinski definition) is 6. The minimum atomic E-state index is -0.411. The maximum atomic E-state index is 12.0. The van der Waals surface area contributed by atoms with Crippen LogP contribution in [-0.2, 0) is 10.2 Å². The van der Waals surface area contributed by atoms with E-state index in [9.17, 15) is 9.90 Å². The standard InChI is InChI=1S/C21H25BrN2O5/c1-21(2,3)14-6-7-16(15(22)10-14)29-12-19(25)24-23-11-13-8-17(27-4)20(26)18(9-13)28-5/h6-11,26H,12H2,1-5H3,(H,24,25)/b23-11+. The molecule has 1 amide bonds. The summed E-state index contributed by atoms with van der Waals surface area (Å²) in [6.07, 6.45) is 1.41. The largest absolute Gasteiger partial charge is 0.502 e. The molecule has 156 valence electrons. The van der Waals surface area contributed by atoms with Crippen LogP contribution >= 0.6 is 15.9 Å². The molecule has 0 saturated carbocycles. The summed E-state index contributed by atoms with van der Waals surface area (Å²) >= 11 is 3.48. The Labute approximate surface area is 178 Å². The van der Waals surface area contributed by atoms with Crippen LogP contribution in [0.15, 0.2) is 39.9 Å². The molecule has 0 unspecified atom stereocenters. The maximum absolute atomic E-state index is 12.0. The summed E-state index contributed by atoms with van der Waals surface area (Å²) in [5.41, 5.74) is 4.15. The number of halogens is 1. The van der Waals surface area contributed by atoms with Gasteiger partial charge in [0.2, 0.25) is 5.75 Å². The highest BCUT2D eigenvalue weighted by atomic mass is 79.9. The quantitative estimate of drug-likeness (QED) is 0.477. The first-order valence-electron chi connectivity index (χ1n) is 8.85. The van der Waals surface area contributed by atoms with Crippen molar-refractivity contribution in [3.05, 3.63) is 45.9 Å². The third kappa shape index (κ3) is 6.12. The lowest BCUT2D eigenvalue weighted by molar-refractivity contribution is -0.123. The normalized spacial score (nSPS) is 11.4. The molecule has 29 heavy (non-hydrogen) atoms. The van der Waals surface area contributed by atoms with Crippen LogP contribution in [0.4, 0.5) is 0 Å². The topological polar surface area (TPSA) is 89.4 Å². The van der Waals surface area contributed by atoms with Crippen molar-refractivity contribution >= 4 is 28.1 Å². The molecule has 2 rings (SSSR count). The highest BCUT2D eigenvalue weighted by Gasteiger charge is 2.15. The number of phenolic OH excluding ortho intramolecular Hbond substituents is 1. The summed E-state index contributed by atoms with van der Waals surface area (Å²) in [6.45, 7) is 6.19. The fourth-order valence-corrected chi connectivity index (χ4v) is 2.92. The van der Waals surface area contributed by atoms with Gasteiger partial charge in [-0.3, -0.25) is 4.79 Å². The summed E-state index contributed by atoms with van der Waals surface area (Å²) in [7, 11) is 2.86. The molecule has 0 bridgehead atoms. The highest BCUT2D eigenvalue weighted by Crippen LogP contribution is 2.36. The maximum Gasteiger partial charge on any atom is 0.277 e. The third-order valence-electron chi connectivity index (χ3n) is 4.06. The van der Waals surface area contributed by atoms with E-state index in [1.807, 2.05) is 18.2 Å². The molecule has 0 radical (unpaired) electrons. The van der Waals surface area contributed by atoms with Crippen molar-refractivity contribution in [1.29, 1.82) is 0 Å². The number of rotatable bonds is 7. The molecule has 2 aromatic rings. The molecule has 8 heteroatoms. The van der Waals surface area contributed by atoms with Crippen molar-refractivity contribution in [1.82, 2.24) is 5.43 Å². The van der Waals surface area contributed by atoms with Gasteiger partial charge in [0.1, 0.15) is 5.75 Å². The first-order chi connectivity index (χ1) is 13.7. The van der Waals surface area contributed by atoms with E-state index in [0.29, 0.717) is 11.3 Å². The fraction of sp³-hybridized carbons (Fsp3) is 0.333. The van der Waals surface area contributed by atoms with Crippen LogP contribution in [0.2, 0.25) is 0 Å². The average molecular weight is 465 g/mol. The Morgan fingerprint density at radius 1 is 1.14 bits per heavy atom. The van der Waals surface area contributed by atoms with Crippen LogP contribution in [0, 0.1) is 0 Å². The van der Waals surface area contributed by atoms with E-state index >= 15 is 0 Å². The molecule has 0 spiro atoms. The van der Waals surface area contributed by atoms with Crippen molar-refractivity contribution < 1.29 is 24.1 Å². The second-order valence-corrected chi connectivity index (χ2v) is 8.11. The van der Waals surface area contributed by atoms with Gasteiger partial charge in [-0.15, -0.1) is 0 Å². The zero-order valence-electron chi connectivity index (χ0n) is 17.1. The SMILES string of the molecule is COc1cc(/C=N/NC(=O)COc2ccc(C(C)(C)C)cc2Br)cc(OC)c1O. The molecule has 0 aliphatic rings. The molecule has 0 fully saturated rings. The summed E-state index contributed by atoms with van der Waals surface area (Å²) in [6, 6.07) is 8.92. The molecule has 0 heterocycles. The van der Waals surface area contributed by atoms with Crippen molar-refractivity contribution in [3.63, 3.8) is 0 Å². The Hall–Kier alpha value is -2.74. The Kier molecular flexibility index (Phi) is 7.50. The van der Waals surface area contributed by atoms with Crippen LogP contribution in [-0.4, -0.2) is 38.1 Å². The number of phenols is 1. The van der Waals surface area contributed by atoms with Gasteiger partial charge in [-0.25, -0.2) is 5.43 Å². The number of benzene rings is 2. The van der Waals surface area contributed by atoms with Crippen molar-refractivity contribution in [2.75, 3.05) is 20.8 Å². The van der Waals surface area contributed by atoms with E-state index in [-0.39, 0.29) is 29.3 Å². The van der Waals surface area contributed by atoms with Gasteiger partial charge in [-0.05, 0) is 51.2 Å². The smallest absolute Gasteiger partial charge is 0.277 e. The van der Waals surface area contributed by atoms with Gasteiger partial charge < -0.3 is 19.3 Å². The van der Waals surface area contributed by atoms with Crippen molar-refractivity contribution in [2.45, 2.75) is 26.2 Å². The summed E-state index contributed by atoms with van der Waals surface area (Å²) in [5.74, 6) is 0.538. The second kappa shape index (κ2) is 9.65. The molecule has 0 aliphatic carbocycles. The number of ether oxygens (including phenoxy) is 3. The van der Waals surface area contributed by atoms with Crippen LogP contribution < -0.4 is 19.6 Å². The number of aromatic hydroxyl groups is 1. The minimum Gasteiger partial charge on any atom is -0.502 e. The Bertz CT molecular complexity index is 881. The summed E-state index contributed by atoms with van der Waals surface area (Å²) in [5, 5.41) is 13.8. The van der Waals surface area contributed by atoms with E-state index in [0.717, 1.165) is 10.0 Å². The van der Waals surface area contributed by atoms with E-state index in [2.05, 4.69) is 47.2 Å². The zero-order chi connectivity index (χ0) is 21.6. The lowest BCUT2D eigenvalue weighted by atomic mass is 9.87. The van der Waals surface area contributed by atoms with Gasteiger partial charge in [0.15, 0.2) is 18.1 Å². The monoisotopic (exact) mass is 464 g/mol. The van der Waals surface area contributed by atoms with Gasteiger partial charge in [0, 0.05) is 5.56 Å². The van der Waals surface area contributed by atoms with Crippen molar-refractivity contribution in [3.8, 4) is 23.0 Å². The third-order valence-corrected chi connectivity index (χ3v) is 4.68. The predicted octanol–water partition coefficient (Wildman–Crippen LogP) is 4.00. The highest BCUT2D eigenvalue weighted by molar-refractivity contribution is 9.10. The first-order valence-corrected chi connectivity index (χ1v) is 9.64. The first kappa shape index (κ1) is 22.5. The van der Waals surface area contributed by atoms with Gasteiger partial charge in [-0.2, -0.15) is 5.10 Å². The number of carbonyl (C=O) groups excluding carboxylic acids is 1. The number of hydrogen-bond donors (Lipinski definition) is 2. The van der Waals surface area contributed by atoms with Crippen molar-refractivity contribution in [2.24, 2.45) is 5.10 Å². The van der Waals surface area contributed by atoms with Crippen LogP contribution in [0.1, 0.15) is 31.9 Å². The average Bonchev–Trinajstić information content (AvgIpc) is 2.67. The van der Waals surface area contributed by atoms with Gasteiger partial charge in [0.05, 0.1) is 24.9 Å². The minimum absolute atomic E-state index is 0.0206. The molecule has 0 atom stereocenters. The number of nitrogens with one attached hydrogen (secondary N) is 1. The number of hydrazone groups is 1. The molecule has 2 aromatic carbocycles. The summed E-state index contributed by atoms with van der Waals surface area (Å²) < 4.78 is 16.5. The number of methoxy groups -OCH3 is 2. The number of carbonyl (C=O) groups is 1. The van der Waals surface area contributed by atoms with Crippen LogP contribution in [0.3, 0.4) is 0 Å². The van der Waals surface area contributed by atoms with Gasteiger partial charge in [-0.1, -0.05) is 26.8 Å². The zero-order valence-corrected chi connectivity index (χ0v) is 18.7. The predicted molar refractivity (Wildman–Crippen MR) is 115 cm³/mol. The number of nitrogens with zero attached hydrogens (tertiary/aromatic N) is 1. The van der Waals surface area contributed by atoms with Crippen LogP contribution in [0.5, 0.6) is 23.0 Å². The summed E-state index contributed by atoms with van der Waals surface area (Å²) in [4.78, 5) is 12.0. The lowest BCUT2D eigenvalue weighted by Crippen LogP contribution is -2.24. The van der Waals surface area contributed by atoms with Gasteiger partial charge >= 0.3 is 0 Å². The molecule has 7 nitrogen and oxygen atoms in total. The lowest BCUT2D eigenvalue weighted by Gasteiger charge is -2.20.